The van der Waals surface area contributed by atoms with Crippen molar-refractivity contribution in [2.24, 2.45) is 7.05 Å². The van der Waals surface area contributed by atoms with E-state index < -0.39 is 0 Å². The van der Waals surface area contributed by atoms with Crippen molar-refractivity contribution in [3.63, 3.8) is 0 Å². The lowest BCUT2D eigenvalue weighted by molar-refractivity contribution is -0.116. The van der Waals surface area contributed by atoms with Crippen LogP contribution in [0.5, 0.6) is 0 Å². The third-order valence-electron chi connectivity index (χ3n) is 5.02. The highest BCUT2D eigenvalue weighted by Crippen LogP contribution is 2.16. The average molecular weight is 377 g/mol. The van der Waals surface area contributed by atoms with E-state index in [9.17, 15) is 4.79 Å². The lowest BCUT2D eigenvalue weighted by Crippen LogP contribution is -2.13. The summed E-state index contributed by atoms with van der Waals surface area (Å²) in [7, 11) is 1.93. The zero-order chi connectivity index (χ0) is 19.9. The van der Waals surface area contributed by atoms with Crippen LogP contribution in [0.1, 0.15) is 28.9 Å². The number of anilines is 2. The number of rotatable bonds is 8. The van der Waals surface area contributed by atoms with Crippen molar-refractivity contribution < 1.29 is 4.79 Å². The first-order chi connectivity index (χ1) is 13.5. The van der Waals surface area contributed by atoms with Gasteiger partial charge in [-0.3, -0.25) is 9.48 Å². The first-order valence-corrected chi connectivity index (χ1v) is 9.69. The fraction of sp³-hybridized carbons (Fsp3) is 0.304. The number of nitrogens with zero attached hydrogens (tertiary/aromatic N) is 2. The molecule has 3 rings (SSSR count). The van der Waals surface area contributed by atoms with Gasteiger partial charge in [0.1, 0.15) is 0 Å². The van der Waals surface area contributed by atoms with E-state index in [0.717, 1.165) is 41.3 Å². The van der Waals surface area contributed by atoms with E-state index in [-0.39, 0.29) is 5.91 Å². The maximum Gasteiger partial charge on any atom is 0.224 e. The summed E-state index contributed by atoms with van der Waals surface area (Å²) in [6.07, 6.45) is 2.13. The van der Waals surface area contributed by atoms with Crippen LogP contribution < -0.4 is 10.6 Å². The Morgan fingerprint density at radius 2 is 1.64 bits per heavy atom. The van der Waals surface area contributed by atoms with Gasteiger partial charge in [0.25, 0.3) is 0 Å². The van der Waals surface area contributed by atoms with Crippen LogP contribution in [0.3, 0.4) is 0 Å². The lowest BCUT2D eigenvalue weighted by Gasteiger charge is -2.09. The molecule has 1 amide bonds. The molecular weight excluding hydrogens is 348 g/mol. The highest BCUT2D eigenvalue weighted by Gasteiger charge is 2.11. The van der Waals surface area contributed by atoms with E-state index >= 15 is 0 Å². The summed E-state index contributed by atoms with van der Waals surface area (Å²) in [5.41, 5.74) is 6.47. The van der Waals surface area contributed by atoms with Gasteiger partial charge in [-0.1, -0.05) is 30.3 Å². The molecule has 3 aromatic rings. The quantitative estimate of drug-likeness (QED) is 0.617. The van der Waals surface area contributed by atoms with Crippen LogP contribution in [-0.4, -0.2) is 22.2 Å². The van der Waals surface area contributed by atoms with Gasteiger partial charge in [0.05, 0.1) is 5.69 Å². The molecule has 1 aromatic heterocycles. The molecule has 0 saturated carbocycles. The molecule has 5 heteroatoms. The Hall–Kier alpha value is -3.08. The summed E-state index contributed by atoms with van der Waals surface area (Å²) in [6.45, 7) is 4.90. The molecule has 2 aromatic carbocycles. The van der Waals surface area contributed by atoms with Gasteiger partial charge in [0, 0.05) is 37.1 Å². The normalized spacial score (nSPS) is 10.7. The monoisotopic (exact) mass is 376 g/mol. The van der Waals surface area contributed by atoms with Gasteiger partial charge in [-0.05, 0) is 62.1 Å². The second-order valence-electron chi connectivity index (χ2n) is 7.06. The molecule has 0 radical (unpaired) electrons. The van der Waals surface area contributed by atoms with E-state index in [1.165, 1.54) is 5.56 Å². The summed E-state index contributed by atoms with van der Waals surface area (Å²) in [5.74, 6) is 0.0208. The Bertz CT molecular complexity index is 914. The Kier molecular flexibility index (Phi) is 6.48. The first-order valence-electron chi connectivity index (χ1n) is 9.69. The average Bonchev–Trinajstić information content (AvgIpc) is 2.94. The smallest absolute Gasteiger partial charge is 0.224 e. The van der Waals surface area contributed by atoms with E-state index in [2.05, 4.69) is 40.0 Å². The van der Waals surface area contributed by atoms with Gasteiger partial charge in [0.2, 0.25) is 5.91 Å². The molecule has 0 aliphatic heterocycles. The molecule has 0 saturated heterocycles. The Morgan fingerprint density at radius 1 is 0.964 bits per heavy atom. The molecule has 0 fully saturated rings. The van der Waals surface area contributed by atoms with Gasteiger partial charge in [-0.25, -0.2) is 0 Å². The minimum atomic E-state index is 0.0208. The summed E-state index contributed by atoms with van der Waals surface area (Å²) in [5, 5.41) is 10.8. The maximum atomic E-state index is 12.3. The van der Waals surface area contributed by atoms with Gasteiger partial charge in [-0.15, -0.1) is 0 Å². The van der Waals surface area contributed by atoms with Crippen LogP contribution in [0.2, 0.25) is 0 Å². The van der Waals surface area contributed by atoms with Gasteiger partial charge < -0.3 is 10.6 Å². The molecular formula is C23H28N4O. The number of nitrogens with one attached hydrogen (secondary N) is 2. The summed E-state index contributed by atoms with van der Waals surface area (Å²) < 4.78 is 1.87. The molecule has 0 bridgehead atoms. The Labute approximate surface area is 166 Å². The number of aryl methyl sites for hydroxylation is 2. The highest BCUT2D eigenvalue weighted by molar-refractivity contribution is 5.91. The molecule has 0 unspecified atom stereocenters. The SMILES string of the molecule is Cc1nn(C)c(C)c1CCC(=O)Nc1ccc(NCCc2ccccc2)cc1. The van der Waals surface area contributed by atoms with E-state index in [0.29, 0.717) is 12.8 Å². The fourth-order valence-electron chi connectivity index (χ4n) is 3.31. The van der Waals surface area contributed by atoms with E-state index in [4.69, 9.17) is 0 Å². The number of benzene rings is 2. The number of hydrogen-bond donors (Lipinski definition) is 2. The fourth-order valence-corrected chi connectivity index (χ4v) is 3.31. The van der Waals surface area contributed by atoms with E-state index in [1.54, 1.807) is 0 Å². The first kappa shape index (κ1) is 19.7. The van der Waals surface area contributed by atoms with Crippen molar-refractivity contribution in [3.8, 4) is 0 Å². The second-order valence-corrected chi connectivity index (χ2v) is 7.06. The minimum Gasteiger partial charge on any atom is -0.385 e. The maximum absolute atomic E-state index is 12.3. The minimum absolute atomic E-state index is 0.0208. The Morgan fingerprint density at radius 3 is 2.29 bits per heavy atom. The van der Waals surface area contributed by atoms with Crippen LogP contribution in [-0.2, 0) is 24.7 Å². The standard InChI is InChI=1S/C23H28N4O/c1-17-22(18(2)27(3)26-17)13-14-23(28)25-21-11-9-20(10-12-21)24-16-15-19-7-5-4-6-8-19/h4-12,24H,13-16H2,1-3H3,(H,25,28). The van der Waals surface area contributed by atoms with Crippen LogP contribution in [0.25, 0.3) is 0 Å². The number of hydrogen-bond acceptors (Lipinski definition) is 3. The number of carbonyl (C=O) groups excluding carboxylic acids is 1. The van der Waals surface area contributed by atoms with Crippen molar-refractivity contribution >= 4 is 17.3 Å². The zero-order valence-electron chi connectivity index (χ0n) is 16.8. The molecule has 1 heterocycles. The molecule has 146 valence electrons. The van der Waals surface area contributed by atoms with Gasteiger partial charge in [-0.2, -0.15) is 5.10 Å². The molecule has 0 atom stereocenters. The molecule has 28 heavy (non-hydrogen) atoms. The van der Waals surface area contributed by atoms with Crippen LogP contribution >= 0.6 is 0 Å². The second kappa shape index (κ2) is 9.22. The van der Waals surface area contributed by atoms with Crippen molar-refractivity contribution in [2.75, 3.05) is 17.2 Å². The van der Waals surface area contributed by atoms with Crippen LogP contribution in [0, 0.1) is 13.8 Å². The summed E-state index contributed by atoms with van der Waals surface area (Å²) in [4.78, 5) is 12.3. The largest absolute Gasteiger partial charge is 0.385 e. The lowest BCUT2D eigenvalue weighted by atomic mass is 10.1. The van der Waals surface area contributed by atoms with Crippen molar-refractivity contribution in [2.45, 2.75) is 33.1 Å². The predicted molar refractivity (Wildman–Crippen MR) is 115 cm³/mol. The van der Waals surface area contributed by atoms with Crippen LogP contribution in [0.4, 0.5) is 11.4 Å². The predicted octanol–water partition coefficient (Wildman–Crippen LogP) is 4.26. The zero-order valence-corrected chi connectivity index (χ0v) is 16.8. The third kappa shape index (κ3) is 5.22. The summed E-state index contributed by atoms with van der Waals surface area (Å²) in [6, 6.07) is 18.3. The van der Waals surface area contributed by atoms with Crippen molar-refractivity contribution in [1.29, 1.82) is 0 Å². The van der Waals surface area contributed by atoms with Gasteiger partial charge >= 0.3 is 0 Å². The van der Waals surface area contributed by atoms with Crippen molar-refractivity contribution in [1.82, 2.24) is 9.78 Å². The molecule has 0 aliphatic rings. The highest BCUT2D eigenvalue weighted by atomic mass is 16.1. The molecule has 2 N–H and O–H groups in total. The number of carbonyl (C=O) groups is 1. The Balaban J connectivity index is 1.45. The van der Waals surface area contributed by atoms with Gasteiger partial charge in [0.15, 0.2) is 0 Å². The number of aromatic nitrogens is 2. The summed E-state index contributed by atoms with van der Waals surface area (Å²) >= 11 is 0. The number of amides is 1. The van der Waals surface area contributed by atoms with E-state index in [1.807, 2.05) is 55.9 Å². The topological polar surface area (TPSA) is 59.0 Å². The molecule has 5 nitrogen and oxygen atoms in total. The third-order valence-corrected chi connectivity index (χ3v) is 5.02. The molecule has 0 aliphatic carbocycles. The van der Waals surface area contributed by atoms with Crippen LogP contribution in [0.15, 0.2) is 54.6 Å². The molecule has 0 spiro atoms. The van der Waals surface area contributed by atoms with Crippen molar-refractivity contribution in [3.05, 3.63) is 77.1 Å².